The van der Waals surface area contributed by atoms with Crippen molar-refractivity contribution in [3.05, 3.63) is 12.2 Å². The Kier molecular flexibility index (Phi) is 9.96. The summed E-state index contributed by atoms with van der Waals surface area (Å²) in [6, 6.07) is 0. The third-order valence-electron chi connectivity index (χ3n) is 2.35. The summed E-state index contributed by atoms with van der Waals surface area (Å²) in [6.07, 6.45) is 2.95. The summed E-state index contributed by atoms with van der Waals surface area (Å²) in [5.74, 6) is -1.03. The first-order valence-electron chi connectivity index (χ1n) is 6.37. The average molecular weight is 257 g/mol. The fourth-order valence-electron chi connectivity index (χ4n) is 1.25. The molecule has 0 unspecified atom stereocenters. The van der Waals surface area contributed by atoms with Gasteiger partial charge in [-0.1, -0.05) is 20.8 Å². The molecule has 0 aromatic carbocycles. The van der Waals surface area contributed by atoms with Crippen LogP contribution < -0.4 is 0 Å². The van der Waals surface area contributed by atoms with Gasteiger partial charge in [0, 0.05) is 18.7 Å². The zero-order valence-electron chi connectivity index (χ0n) is 11.5. The predicted molar refractivity (Wildman–Crippen MR) is 69.1 cm³/mol. The van der Waals surface area contributed by atoms with E-state index < -0.39 is 11.9 Å². The highest BCUT2D eigenvalue weighted by atomic mass is 16.5. The van der Waals surface area contributed by atoms with Gasteiger partial charge >= 0.3 is 11.9 Å². The van der Waals surface area contributed by atoms with Crippen molar-refractivity contribution in [2.24, 2.45) is 0 Å². The summed E-state index contributed by atoms with van der Waals surface area (Å²) >= 11 is 0. The van der Waals surface area contributed by atoms with Gasteiger partial charge in [-0.05, 0) is 19.5 Å². The van der Waals surface area contributed by atoms with Crippen LogP contribution in [0.25, 0.3) is 0 Å². The van der Waals surface area contributed by atoms with Crippen LogP contribution in [-0.4, -0.2) is 49.7 Å². The first kappa shape index (κ1) is 16.6. The Balaban J connectivity index is 3.76. The molecular weight excluding hydrogens is 234 g/mol. The van der Waals surface area contributed by atoms with Gasteiger partial charge in [0.15, 0.2) is 0 Å². The van der Waals surface area contributed by atoms with Crippen LogP contribution in [0.5, 0.6) is 0 Å². The summed E-state index contributed by atoms with van der Waals surface area (Å²) < 4.78 is 9.73. The number of ether oxygens (including phenoxy) is 2. The van der Waals surface area contributed by atoms with Crippen molar-refractivity contribution < 1.29 is 19.1 Å². The summed E-state index contributed by atoms with van der Waals surface area (Å²) in [4.78, 5) is 24.4. The maximum Gasteiger partial charge on any atom is 0.331 e. The molecule has 0 fully saturated rings. The van der Waals surface area contributed by atoms with E-state index in [1.54, 1.807) is 0 Å². The van der Waals surface area contributed by atoms with Gasteiger partial charge in [-0.2, -0.15) is 0 Å². The molecule has 18 heavy (non-hydrogen) atoms. The van der Waals surface area contributed by atoms with E-state index in [2.05, 4.69) is 18.7 Å². The average Bonchev–Trinajstić information content (AvgIpc) is 2.39. The quantitative estimate of drug-likeness (QED) is 0.461. The Morgan fingerprint density at radius 1 is 0.944 bits per heavy atom. The Labute approximate surface area is 109 Å². The third-order valence-corrected chi connectivity index (χ3v) is 2.35. The van der Waals surface area contributed by atoms with Crippen LogP contribution in [-0.2, 0) is 19.1 Å². The van der Waals surface area contributed by atoms with Gasteiger partial charge in [-0.25, -0.2) is 9.59 Å². The van der Waals surface area contributed by atoms with Gasteiger partial charge in [0.05, 0.1) is 6.61 Å². The van der Waals surface area contributed by atoms with E-state index in [0.717, 1.165) is 31.7 Å². The molecule has 0 aromatic rings. The second kappa shape index (κ2) is 10.8. The van der Waals surface area contributed by atoms with Crippen molar-refractivity contribution in [2.45, 2.75) is 27.2 Å². The summed E-state index contributed by atoms with van der Waals surface area (Å²) in [5.41, 5.74) is 0. The van der Waals surface area contributed by atoms with Crippen LogP contribution in [0.15, 0.2) is 12.2 Å². The van der Waals surface area contributed by atoms with Gasteiger partial charge in [0.2, 0.25) is 0 Å². The SMILES string of the molecule is CCCOC(=O)/C=C/C(=O)OCCN(CC)CC. The van der Waals surface area contributed by atoms with Crippen molar-refractivity contribution >= 4 is 11.9 Å². The van der Waals surface area contributed by atoms with Crippen molar-refractivity contribution in [3.8, 4) is 0 Å². The summed E-state index contributed by atoms with van der Waals surface area (Å²) in [7, 11) is 0. The second-order valence-corrected chi connectivity index (χ2v) is 3.70. The fraction of sp³-hybridized carbons (Fsp3) is 0.692. The molecule has 0 saturated carbocycles. The lowest BCUT2D eigenvalue weighted by Gasteiger charge is -2.16. The smallest absolute Gasteiger partial charge is 0.331 e. The van der Waals surface area contributed by atoms with E-state index in [0.29, 0.717) is 19.8 Å². The summed E-state index contributed by atoms with van der Waals surface area (Å²) in [6.45, 7) is 9.24. The van der Waals surface area contributed by atoms with Crippen LogP contribution in [0.3, 0.4) is 0 Å². The molecule has 0 spiro atoms. The van der Waals surface area contributed by atoms with Crippen LogP contribution in [0.2, 0.25) is 0 Å². The Hall–Kier alpha value is -1.36. The minimum atomic E-state index is -0.518. The Morgan fingerprint density at radius 3 is 1.89 bits per heavy atom. The molecule has 0 atom stereocenters. The van der Waals surface area contributed by atoms with Gasteiger partial charge in [0.25, 0.3) is 0 Å². The van der Waals surface area contributed by atoms with E-state index in [1.807, 2.05) is 6.92 Å². The molecule has 0 radical (unpaired) electrons. The molecule has 0 aliphatic carbocycles. The van der Waals surface area contributed by atoms with E-state index >= 15 is 0 Å². The van der Waals surface area contributed by atoms with Gasteiger partial charge < -0.3 is 14.4 Å². The highest BCUT2D eigenvalue weighted by molar-refractivity contribution is 5.91. The molecule has 104 valence electrons. The fourth-order valence-corrected chi connectivity index (χ4v) is 1.25. The van der Waals surface area contributed by atoms with Crippen molar-refractivity contribution in [3.63, 3.8) is 0 Å². The van der Waals surface area contributed by atoms with Gasteiger partial charge in [-0.3, -0.25) is 0 Å². The van der Waals surface area contributed by atoms with Gasteiger partial charge in [0.1, 0.15) is 6.61 Å². The second-order valence-electron chi connectivity index (χ2n) is 3.70. The zero-order valence-corrected chi connectivity index (χ0v) is 11.5. The van der Waals surface area contributed by atoms with Gasteiger partial charge in [-0.15, -0.1) is 0 Å². The molecule has 0 saturated heterocycles. The maximum atomic E-state index is 11.2. The van der Waals surface area contributed by atoms with Crippen LogP contribution in [0.4, 0.5) is 0 Å². The normalized spacial score (nSPS) is 10.9. The maximum absolute atomic E-state index is 11.2. The highest BCUT2D eigenvalue weighted by Gasteiger charge is 2.02. The molecule has 0 rings (SSSR count). The van der Waals surface area contributed by atoms with E-state index in [9.17, 15) is 9.59 Å². The molecule has 5 heteroatoms. The monoisotopic (exact) mass is 257 g/mol. The largest absolute Gasteiger partial charge is 0.463 e. The van der Waals surface area contributed by atoms with Crippen LogP contribution in [0, 0.1) is 0 Å². The molecule has 0 aliphatic heterocycles. The Morgan fingerprint density at radius 2 is 1.44 bits per heavy atom. The number of hydrogen-bond acceptors (Lipinski definition) is 5. The lowest BCUT2D eigenvalue weighted by Crippen LogP contribution is -2.27. The predicted octanol–water partition coefficient (Wildman–Crippen LogP) is 1.38. The van der Waals surface area contributed by atoms with Crippen molar-refractivity contribution in [1.29, 1.82) is 0 Å². The molecule has 0 aromatic heterocycles. The minimum Gasteiger partial charge on any atom is -0.463 e. The number of esters is 2. The number of nitrogens with zero attached hydrogens (tertiary/aromatic N) is 1. The molecule has 0 amide bonds. The molecule has 0 heterocycles. The molecule has 0 bridgehead atoms. The lowest BCUT2D eigenvalue weighted by molar-refractivity contribution is -0.140. The molecule has 5 nitrogen and oxygen atoms in total. The van der Waals surface area contributed by atoms with E-state index in [-0.39, 0.29) is 0 Å². The minimum absolute atomic E-state index is 0.328. The zero-order chi connectivity index (χ0) is 13.8. The van der Waals surface area contributed by atoms with Crippen molar-refractivity contribution in [2.75, 3.05) is 32.8 Å². The molecular formula is C13H23NO4. The first-order valence-corrected chi connectivity index (χ1v) is 6.37. The number of likely N-dealkylation sites (N-methyl/N-ethyl adjacent to an activating group) is 1. The number of carbonyl (C=O) groups is 2. The number of hydrogen-bond donors (Lipinski definition) is 0. The Bertz CT molecular complexity index is 272. The lowest BCUT2D eigenvalue weighted by atomic mass is 10.4. The topological polar surface area (TPSA) is 55.8 Å². The summed E-state index contributed by atoms with van der Waals surface area (Å²) in [5, 5.41) is 0. The number of rotatable bonds is 9. The first-order chi connectivity index (χ1) is 8.63. The molecule has 0 N–H and O–H groups in total. The standard InChI is InChI=1S/C13H23NO4/c1-4-10-17-12(15)7-8-13(16)18-11-9-14(5-2)6-3/h7-8H,4-6,9-11H2,1-3H3/b8-7+. The highest BCUT2D eigenvalue weighted by Crippen LogP contribution is 1.90. The van der Waals surface area contributed by atoms with Crippen LogP contribution in [0.1, 0.15) is 27.2 Å². The third kappa shape index (κ3) is 8.75. The van der Waals surface area contributed by atoms with E-state index in [4.69, 9.17) is 9.47 Å². The van der Waals surface area contributed by atoms with Crippen molar-refractivity contribution in [1.82, 2.24) is 4.90 Å². The molecule has 0 aliphatic rings. The van der Waals surface area contributed by atoms with Crippen LogP contribution >= 0.6 is 0 Å². The number of carbonyl (C=O) groups excluding carboxylic acids is 2. The van der Waals surface area contributed by atoms with E-state index in [1.165, 1.54) is 0 Å².